The van der Waals surface area contributed by atoms with E-state index in [1.165, 1.54) is 5.56 Å². The van der Waals surface area contributed by atoms with Gasteiger partial charge in [0.15, 0.2) is 5.75 Å². The first-order chi connectivity index (χ1) is 16.3. The Morgan fingerprint density at radius 3 is 1.31 bits per heavy atom. The third-order valence-electron chi connectivity index (χ3n) is 5.32. The first-order valence-electron chi connectivity index (χ1n) is 12.2. The SMILES string of the molecule is CC(C)(OOC(C)(C)c1ccccc1)c1ccccc1.CC(C)c1ccccc1OOC(C)(C)C. The van der Waals surface area contributed by atoms with Crippen LogP contribution in [-0.2, 0) is 25.9 Å². The molecule has 0 spiro atoms. The van der Waals surface area contributed by atoms with Gasteiger partial charge in [-0.15, -0.1) is 0 Å². The van der Waals surface area contributed by atoms with Crippen LogP contribution in [0.4, 0.5) is 0 Å². The van der Waals surface area contributed by atoms with E-state index in [0.717, 1.165) is 16.9 Å². The second-order valence-corrected chi connectivity index (χ2v) is 10.9. The van der Waals surface area contributed by atoms with Gasteiger partial charge >= 0.3 is 0 Å². The van der Waals surface area contributed by atoms with E-state index in [1.54, 1.807) is 0 Å². The lowest BCUT2D eigenvalue weighted by Gasteiger charge is -2.31. The van der Waals surface area contributed by atoms with Crippen LogP contribution in [-0.4, -0.2) is 5.60 Å². The van der Waals surface area contributed by atoms with Crippen LogP contribution in [0, 0.1) is 0 Å². The topological polar surface area (TPSA) is 36.9 Å². The molecule has 0 radical (unpaired) electrons. The van der Waals surface area contributed by atoms with Crippen molar-refractivity contribution in [2.75, 3.05) is 0 Å². The molecule has 35 heavy (non-hydrogen) atoms. The average molecular weight is 479 g/mol. The van der Waals surface area contributed by atoms with Crippen LogP contribution in [0.2, 0.25) is 0 Å². The fourth-order valence-electron chi connectivity index (χ4n) is 3.19. The summed E-state index contributed by atoms with van der Waals surface area (Å²) in [6, 6.07) is 28.1. The number of hydrogen-bond donors (Lipinski definition) is 0. The maximum Gasteiger partial charge on any atom is 0.168 e. The molecule has 0 amide bonds. The van der Waals surface area contributed by atoms with Gasteiger partial charge < -0.3 is 4.89 Å². The third-order valence-corrected chi connectivity index (χ3v) is 5.32. The van der Waals surface area contributed by atoms with Crippen LogP contribution < -0.4 is 4.89 Å². The standard InChI is InChI=1S/C18H22O2.C13H20O2/c1-17(2,15-11-7-5-8-12-15)19-20-18(3,4)16-13-9-6-10-14-16;1-10(2)11-8-6-7-9-12(11)14-15-13(3,4)5/h5-14H,1-4H3;6-10H,1-5H3. The molecule has 0 aliphatic heterocycles. The van der Waals surface area contributed by atoms with E-state index in [1.807, 2.05) is 127 Å². The molecule has 4 heteroatoms. The fraction of sp³-hybridized carbons (Fsp3) is 0.419. The smallest absolute Gasteiger partial charge is 0.168 e. The zero-order valence-electron chi connectivity index (χ0n) is 22.8. The lowest BCUT2D eigenvalue weighted by molar-refractivity contribution is -0.410. The van der Waals surface area contributed by atoms with Crippen LogP contribution in [0.1, 0.15) is 84.9 Å². The highest BCUT2D eigenvalue weighted by atomic mass is 17.2. The molecule has 3 aromatic carbocycles. The Kier molecular flexibility index (Phi) is 10.1. The monoisotopic (exact) mass is 478 g/mol. The molecule has 0 heterocycles. The van der Waals surface area contributed by atoms with Crippen molar-refractivity contribution >= 4 is 0 Å². The van der Waals surface area contributed by atoms with E-state index in [4.69, 9.17) is 19.6 Å². The van der Waals surface area contributed by atoms with Gasteiger partial charge in [0.1, 0.15) is 16.8 Å². The number of benzene rings is 3. The summed E-state index contributed by atoms with van der Waals surface area (Å²) in [4.78, 5) is 22.1. The summed E-state index contributed by atoms with van der Waals surface area (Å²) in [6.07, 6.45) is 0. The van der Waals surface area contributed by atoms with E-state index in [2.05, 4.69) is 19.9 Å². The van der Waals surface area contributed by atoms with Crippen LogP contribution in [0.15, 0.2) is 84.9 Å². The molecule has 3 aromatic rings. The second kappa shape index (κ2) is 12.3. The largest absolute Gasteiger partial charge is 0.337 e. The maximum atomic E-state index is 5.73. The summed E-state index contributed by atoms with van der Waals surface area (Å²) >= 11 is 0. The molecule has 0 saturated heterocycles. The van der Waals surface area contributed by atoms with Gasteiger partial charge in [0, 0.05) is 5.56 Å². The molecule has 4 nitrogen and oxygen atoms in total. The molecule has 0 aliphatic rings. The minimum absolute atomic E-state index is 0.288. The van der Waals surface area contributed by atoms with Crippen molar-refractivity contribution in [3.8, 4) is 5.75 Å². The maximum absolute atomic E-state index is 5.73. The van der Waals surface area contributed by atoms with E-state index < -0.39 is 11.2 Å². The van der Waals surface area contributed by atoms with Crippen molar-refractivity contribution in [1.82, 2.24) is 0 Å². The van der Waals surface area contributed by atoms with Gasteiger partial charge in [-0.2, -0.15) is 4.89 Å². The normalized spacial score (nSPS) is 12.2. The lowest BCUT2D eigenvalue weighted by Crippen LogP contribution is -2.29. The molecule has 0 aliphatic carbocycles. The summed E-state index contributed by atoms with van der Waals surface area (Å²) in [5, 5.41) is 0. The number of hydrogen-bond acceptors (Lipinski definition) is 4. The lowest BCUT2D eigenvalue weighted by atomic mass is 9.98. The van der Waals surface area contributed by atoms with Gasteiger partial charge in [-0.05, 0) is 71.6 Å². The van der Waals surface area contributed by atoms with Crippen molar-refractivity contribution in [2.24, 2.45) is 0 Å². The molecular formula is C31H42O4. The second-order valence-electron chi connectivity index (χ2n) is 10.9. The summed E-state index contributed by atoms with van der Waals surface area (Å²) in [5.41, 5.74) is 2.07. The van der Waals surface area contributed by atoms with Crippen LogP contribution in [0.25, 0.3) is 0 Å². The Labute approximate surface area is 212 Å². The molecule has 0 unspecified atom stereocenters. The first kappa shape index (κ1) is 28.6. The summed E-state index contributed by atoms with van der Waals surface area (Å²) < 4.78 is 0. The van der Waals surface area contributed by atoms with E-state index >= 15 is 0 Å². The quantitative estimate of drug-likeness (QED) is 0.240. The van der Waals surface area contributed by atoms with Crippen molar-refractivity contribution in [3.63, 3.8) is 0 Å². The molecule has 0 bridgehead atoms. The van der Waals surface area contributed by atoms with E-state index in [9.17, 15) is 0 Å². The molecule has 190 valence electrons. The van der Waals surface area contributed by atoms with Crippen molar-refractivity contribution in [3.05, 3.63) is 102 Å². The summed E-state index contributed by atoms with van der Waals surface area (Å²) in [6.45, 7) is 18.2. The van der Waals surface area contributed by atoms with Gasteiger partial charge in [-0.1, -0.05) is 92.7 Å². The molecule has 0 aromatic heterocycles. The molecule has 0 fully saturated rings. The summed E-state index contributed by atoms with van der Waals surface area (Å²) in [7, 11) is 0. The van der Waals surface area contributed by atoms with Crippen LogP contribution in [0.5, 0.6) is 5.75 Å². The zero-order valence-corrected chi connectivity index (χ0v) is 22.8. The molecule has 0 N–H and O–H groups in total. The Morgan fingerprint density at radius 2 is 0.914 bits per heavy atom. The van der Waals surface area contributed by atoms with Crippen LogP contribution >= 0.6 is 0 Å². The Balaban J connectivity index is 0.000000258. The van der Waals surface area contributed by atoms with Crippen LogP contribution in [0.3, 0.4) is 0 Å². The van der Waals surface area contributed by atoms with Crippen molar-refractivity contribution < 1.29 is 19.6 Å². The molecule has 0 saturated carbocycles. The van der Waals surface area contributed by atoms with Gasteiger partial charge in [0.25, 0.3) is 0 Å². The zero-order chi connectivity index (χ0) is 26.1. The Hall–Kier alpha value is -2.66. The molecule has 0 atom stereocenters. The van der Waals surface area contributed by atoms with Gasteiger partial charge in [0.2, 0.25) is 0 Å². The van der Waals surface area contributed by atoms with Gasteiger partial charge in [-0.25, -0.2) is 9.78 Å². The number of para-hydroxylation sites is 1. The highest BCUT2D eigenvalue weighted by Gasteiger charge is 2.29. The highest BCUT2D eigenvalue weighted by Crippen LogP contribution is 2.31. The third kappa shape index (κ3) is 9.48. The predicted molar refractivity (Wildman–Crippen MR) is 143 cm³/mol. The first-order valence-corrected chi connectivity index (χ1v) is 12.2. The fourth-order valence-corrected chi connectivity index (χ4v) is 3.19. The highest BCUT2D eigenvalue weighted by molar-refractivity contribution is 5.35. The molecule has 3 rings (SSSR count). The number of rotatable bonds is 8. The minimum Gasteiger partial charge on any atom is -0.337 e. The van der Waals surface area contributed by atoms with Crippen molar-refractivity contribution in [2.45, 2.75) is 85.0 Å². The Bertz CT molecular complexity index is 951. The van der Waals surface area contributed by atoms with Gasteiger partial charge in [-0.3, -0.25) is 0 Å². The minimum atomic E-state index is -0.493. The predicted octanol–water partition coefficient (Wildman–Crippen LogP) is 8.72. The Morgan fingerprint density at radius 1 is 0.514 bits per heavy atom. The van der Waals surface area contributed by atoms with Gasteiger partial charge in [0.05, 0.1) is 0 Å². The summed E-state index contributed by atoms with van der Waals surface area (Å²) in [5.74, 6) is 1.24. The molecular weight excluding hydrogens is 436 g/mol. The van der Waals surface area contributed by atoms with E-state index in [-0.39, 0.29) is 5.60 Å². The average Bonchev–Trinajstić information content (AvgIpc) is 2.83. The van der Waals surface area contributed by atoms with E-state index in [0.29, 0.717) is 5.92 Å². The van der Waals surface area contributed by atoms with Crippen molar-refractivity contribution in [1.29, 1.82) is 0 Å².